The highest BCUT2D eigenvalue weighted by atomic mass is 16.7. The lowest BCUT2D eigenvalue weighted by Gasteiger charge is -2.53. The van der Waals surface area contributed by atoms with Crippen LogP contribution in [0.5, 0.6) is 0 Å². The van der Waals surface area contributed by atoms with Crippen LogP contribution in [0.25, 0.3) is 0 Å². The number of hydrogen-bond acceptors (Lipinski definition) is 16. The largest absolute Gasteiger partial charge is 0.394 e. The van der Waals surface area contributed by atoms with E-state index in [9.17, 15) is 60.7 Å². The minimum atomic E-state index is -1.64. The Hall–Kier alpha value is -2.00. The van der Waals surface area contributed by atoms with Gasteiger partial charge in [0, 0.05) is 18.4 Å². The maximum absolute atomic E-state index is 12.3. The summed E-state index contributed by atoms with van der Waals surface area (Å²) < 4.78 is 23.1. The number of allylic oxidation sites excluding steroid dienone is 4. The number of ketones is 1. The van der Waals surface area contributed by atoms with Crippen molar-refractivity contribution in [1.82, 2.24) is 0 Å². The van der Waals surface area contributed by atoms with E-state index < -0.39 is 97.3 Å². The third-order valence-corrected chi connectivity index (χ3v) is 12.6. The number of carbonyl (C=O) groups excluding carboxylic acids is 2. The van der Waals surface area contributed by atoms with Crippen molar-refractivity contribution in [2.24, 2.45) is 11.3 Å². The summed E-state index contributed by atoms with van der Waals surface area (Å²) in [5.74, 6) is -0.578. The van der Waals surface area contributed by atoms with Crippen LogP contribution >= 0.6 is 0 Å². The zero-order chi connectivity index (χ0) is 43.7. The van der Waals surface area contributed by atoms with E-state index >= 15 is 0 Å². The summed E-state index contributed by atoms with van der Waals surface area (Å²) in [6, 6.07) is 0. The molecule has 0 spiro atoms. The summed E-state index contributed by atoms with van der Waals surface area (Å²) in [4.78, 5) is 24.4. The Balaban J connectivity index is 1.84. The van der Waals surface area contributed by atoms with Crippen LogP contribution in [0.15, 0.2) is 34.4 Å². The fourth-order valence-electron chi connectivity index (χ4n) is 8.22. The predicted molar refractivity (Wildman–Crippen MR) is 210 cm³/mol. The molecule has 3 aliphatic rings. The lowest BCUT2D eigenvalue weighted by molar-refractivity contribution is -0.308. The minimum absolute atomic E-state index is 0.0691. The highest BCUT2D eigenvalue weighted by molar-refractivity contribution is 5.86. The van der Waals surface area contributed by atoms with Gasteiger partial charge in [0.25, 0.3) is 0 Å². The first kappa shape index (κ1) is 50.4. The molecule has 0 aromatic heterocycles. The van der Waals surface area contributed by atoms with Gasteiger partial charge in [-0.3, -0.25) is 9.59 Å². The molecule has 2 heterocycles. The molecule has 3 unspecified atom stereocenters. The van der Waals surface area contributed by atoms with E-state index in [1.165, 1.54) is 13.8 Å². The molecular formula is C42H70O16. The van der Waals surface area contributed by atoms with Crippen LogP contribution in [0.1, 0.15) is 106 Å². The van der Waals surface area contributed by atoms with Crippen molar-refractivity contribution in [3.63, 3.8) is 0 Å². The van der Waals surface area contributed by atoms with Gasteiger partial charge in [0.15, 0.2) is 18.4 Å². The molecule has 3 fully saturated rings. The zero-order valence-electron chi connectivity index (χ0n) is 35.1. The van der Waals surface area contributed by atoms with Crippen LogP contribution < -0.4 is 0 Å². The van der Waals surface area contributed by atoms with E-state index in [1.54, 1.807) is 13.8 Å². The van der Waals surface area contributed by atoms with Gasteiger partial charge in [-0.15, -0.1) is 0 Å². The number of aliphatic hydroxyl groups excluding tert-OH is 8. The molecule has 16 heteroatoms. The number of carbonyl (C=O) groups is 2. The van der Waals surface area contributed by atoms with Crippen molar-refractivity contribution in [2.45, 2.75) is 185 Å². The fraction of sp³-hybridized carbons (Fsp3) is 0.810. The standard InChI is InChI=1S/C42H70O16/c1-23(13-15-31(46)40(4,5)53)12-14-28(56-39-37(52)35(50)33(48)30(22-45)58-39)24(2)10-8-17-41(6)27(26(25(3)20-43)16-18-42(41,7)54)11-9-19-55-38-36(51)34(49)32(47)29(21-44)57-38/h10,12,20,27-30,32-39,44-45,47-54H,8-9,11,13-19,21-22H2,1-7H3/b23-12+,24-10+,26-25-/t27?,28?,29-,30-,32-,33-,34+,35+,36-,37-,38-,39-,41?,42+/m1/s1. The number of aldehydes is 1. The van der Waals surface area contributed by atoms with Crippen molar-refractivity contribution in [3.8, 4) is 0 Å². The topological polar surface area (TPSA) is 273 Å². The average molecular weight is 831 g/mol. The molecular weight excluding hydrogens is 760 g/mol. The van der Waals surface area contributed by atoms with E-state index in [0.29, 0.717) is 50.5 Å². The average Bonchev–Trinajstić information content (AvgIpc) is 3.17. The maximum Gasteiger partial charge on any atom is 0.187 e. The Kier molecular flexibility index (Phi) is 18.8. The van der Waals surface area contributed by atoms with Gasteiger partial charge in [-0.1, -0.05) is 30.2 Å². The van der Waals surface area contributed by atoms with Gasteiger partial charge in [0.2, 0.25) is 0 Å². The van der Waals surface area contributed by atoms with Crippen molar-refractivity contribution in [3.05, 3.63) is 34.4 Å². The lowest BCUT2D eigenvalue weighted by atomic mass is 9.54. The predicted octanol–water partition coefficient (Wildman–Crippen LogP) is 0.634. The molecule has 0 amide bonds. The molecule has 58 heavy (non-hydrogen) atoms. The Labute approximate surface area is 341 Å². The molecule has 0 aromatic rings. The second-order valence-corrected chi connectivity index (χ2v) is 17.4. The van der Waals surface area contributed by atoms with Gasteiger partial charge in [-0.2, -0.15) is 0 Å². The summed E-state index contributed by atoms with van der Waals surface area (Å²) in [5.41, 5.74) is -0.313. The summed E-state index contributed by atoms with van der Waals surface area (Å²) in [7, 11) is 0. The molecule has 3 rings (SSSR count). The zero-order valence-corrected chi connectivity index (χ0v) is 35.1. The van der Waals surface area contributed by atoms with E-state index in [1.807, 2.05) is 32.9 Å². The number of rotatable bonds is 20. The smallest absolute Gasteiger partial charge is 0.187 e. The summed E-state index contributed by atoms with van der Waals surface area (Å²) >= 11 is 0. The van der Waals surface area contributed by atoms with E-state index in [0.717, 1.165) is 23.0 Å². The minimum Gasteiger partial charge on any atom is -0.394 e. The summed E-state index contributed by atoms with van der Waals surface area (Å²) in [5, 5.41) is 104. The van der Waals surface area contributed by atoms with Crippen molar-refractivity contribution in [2.75, 3.05) is 19.8 Å². The fourth-order valence-corrected chi connectivity index (χ4v) is 8.22. The lowest BCUT2D eigenvalue weighted by Crippen LogP contribution is -2.59. The quantitative estimate of drug-likeness (QED) is 0.0349. The van der Waals surface area contributed by atoms with Crippen LogP contribution in [0.4, 0.5) is 0 Å². The normalized spacial score (nSPS) is 38.1. The third kappa shape index (κ3) is 12.3. The SMILES string of the molecule is C/C(C=O)=C1\CC[C@](C)(O)C(C)(CC/C=C(\C)C(C/C=C(\C)CCC(=O)C(C)(C)O)O[C@@H]2O[C@H](CO)[C@@H](O)[C@H](O)[C@H]2O)C1CCCO[C@@H]1O[C@H](CO)[C@@H](O)[C@H](O)[C@H]1O. The first-order chi connectivity index (χ1) is 27.0. The molecule has 0 aromatic carbocycles. The molecule has 334 valence electrons. The van der Waals surface area contributed by atoms with Gasteiger partial charge >= 0.3 is 0 Å². The van der Waals surface area contributed by atoms with Crippen molar-refractivity contribution >= 4 is 12.1 Å². The van der Waals surface area contributed by atoms with E-state index in [4.69, 9.17) is 18.9 Å². The van der Waals surface area contributed by atoms with Gasteiger partial charge in [-0.25, -0.2) is 0 Å². The van der Waals surface area contributed by atoms with Crippen LogP contribution in [-0.4, -0.2) is 162 Å². The van der Waals surface area contributed by atoms with Gasteiger partial charge in [-0.05, 0) is 110 Å². The van der Waals surface area contributed by atoms with Gasteiger partial charge < -0.3 is 70.0 Å². The first-order valence-electron chi connectivity index (χ1n) is 20.4. The number of hydrogen-bond donors (Lipinski definition) is 10. The van der Waals surface area contributed by atoms with Crippen molar-refractivity contribution < 1.29 is 79.6 Å². The molecule has 1 saturated carbocycles. The van der Waals surface area contributed by atoms with Crippen LogP contribution in [0, 0.1) is 11.3 Å². The number of Topliss-reactive ketones (excluding diaryl/α,β-unsaturated/α-hetero) is 1. The highest BCUT2D eigenvalue weighted by Crippen LogP contribution is 2.55. The molecule has 10 N–H and O–H groups in total. The summed E-state index contributed by atoms with van der Waals surface area (Å²) in [6.45, 7) is 10.9. The second kappa shape index (κ2) is 21.7. The highest BCUT2D eigenvalue weighted by Gasteiger charge is 2.52. The molecule has 14 atom stereocenters. The van der Waals surface area contributed by atoms with Crippen molar-refractivity contribution in [1.29, 1.82) is 0 Å². The maximum atomic E-state index is 12.3. The third-order valence-electron chi connectivity index (χ3n) is 12.6. The Bertz CT molecular complexity index is 1430. The Morgan fingerprint density at radius 2 is 1.45 bits per heavy atom. The molecule has 2 aliphatic heterocycles. The second-order valence-electron chi connectivity index (χ2n) is 17.4. The number of ether oxygens (including phenoxy) is 4. The molecule has 1 aliphatic carbocycles. The Morgan fingerprint density at radius 3 is 2.00 bits per heavy atom. The molecule has 0 bridgehead atoms. The van der Waals surface area contributed by atoms with Gasteiger partial charge in [0.1, 0.15) is 60.7 Å². The molecule has 2 saturated heterocycles. The molecule has 0 radical (unpaired) electrons. The summed E-state index contributed by atoms with van der Waals surface area (Å²) in [6.07, 6.45) is -7.07. The van der Waals surface area contributed by atoms with E-state index in [-0.39, 0.29) is 31.1 Å². The van der Waals surface area contributed by atoms with Crippen LogP contribution in [0.2, 0.25) is 0 Å². The van der Waals surface area contributed by atoms with E-state index in [2.05, 4.69) is 0 Å². The monoisotopic (exact) mass is 830 g/mol. The van der Waals surface area contributed by atoms with Gasteiger partial charge in [0.05, 0.1) is 24.9 Å². The Morgan fingerprint density at radius 1 is 0.879 bits per heavy atom. The van der Waals surface area contributed by atoms with Crippen LogP contribution in [0.3, 0.4) is 0 Å². The van der Waals surface area contributed by atoms with Crippen LogP contribution in [-0.2, 0) is 28.5 Å². The first-order valence-corrected chi connectivity index (χ1v) is 20.4. The number of aliphatic hydroxyl groups is 10. The molecule has 16 nitrogen and oxygen atoms in total.